The molecule has 1 aliphatic heterocycles. The van der Waals surface area contributed by atoms with E-state index in [-0.39, 0.29) is 0 Å². The second-order valence-electron chi connectivity index (χ2n) is 6.53. The molecule has 0 bridgehead atoms. The number of hydrogen-bond donors (Lipinski definition) is 2. The van der Waals surface area contributed by atoms with Crippen LogP contribution in [-0.2, 0) is 11.3 Å². The molecule has 0 aliphatic carbocycles. The molecule has 1 aromatic carbocycles. The van der Waals surface area contributed by atoms with Gasteiger partial charge < -0.3 is 20.1 Å². The maximum atomic E-state index is 5.77. The van der Waals surface area contributed by atoms with Crippen molar-refractivity contribution < 1.29 is 9.47 Å². The van der Waals surface area contributed by atoms with Crippen LogP contribution in [0, 0.1) is 0 Å². The van der Waals surface area contributed by atoms with Crippen LogP contribution in [0.3, 0.4) is 0 Å². The van der Waals surface area contributed by atoms with Crippen molar-refractivity contribution in [1.29, 1.82) is 0 Å². The minimum Gasteiger partial charge on any atom is -0.496 e. The van der Waals surface area contributed by atoms with Crippen molar-refractivity contribution in [1.82, 2.24) is 15.5 Å². The van der Waals surface area contributed by atoms with Crippen LogP contribution in [0.4, 0.5) is 0 Å². The first kappa shape index (κ1) is 19.5. The molecule has 2 atom stereocenters. The van der Waals surface area contributed by atoms with Gasteiger partial charge in [0.05, 0.1) is 19.3 Å². The Labute approximate surface area is 151 Å². The Morgan fingerprint density at radius 3 is 2.64 bits per heavy atom. The van der Waals surface area contributed by atoms with E-state index in [0.29, 0.717) is 18.8 Å². The number of methoxy groups -OCH3 is 1. The summed E-state index contributed by atoms with van der Waals surface area (Å²) in [7, 11) is 3.49. The molecular weight excluding hydrogens is 316 g/mol. The molecule has 2 rings (SSSR count). The lowest BCUT2D eigenvalue weighted by Crippen LogP contribution is -2.46. The van der Waals surface area contributed by atoms with Gasteiger partial charge in [-0.15, -0.1) is 0 Å². The number of rotatable bonds is 7. The van der Waals surface area contributed by atoms with Crippen LogP contribution >= 0.6 is 0 Å². The molecule has 0 spiro atoms. The van der Waals surface area contributed by atoms with E-state index in [4.69, 9.17) is 9.47 Å². The Bertz CT molecular complexity index is 540. The molecule has 2 unspecified atom stereocenters. The van der Waals surface area contributed by atoms with Gasteiger partial charge in [-0.2, -0.15) is 0 Å². The summed E-state index contributed by atoms with van der Waals surface area (Å²) in [6.07, 6.45) is 1.73. The highest BCUT2D eigenvalue weighted by Crippen LogP contribution is 2.16. The molecule has 2 N–H and O–H groups in total. The summed E-state index contributed by atoms with van der Waals surface area (Å²) in [4.78, 5) is 6.76. The molecule has 1 saturated heterocycles. The summed E-state index contributed by atoms with van der Waals surface area (Å²) in [5, 5.41) is 6.72. The molecule has 1 aliphatic rings. The number of morpholine rings is 1. The zero-order valence-electron chi connectivity index (χ0n) is 15.9. The Morgan fingerprint density at radius 1 is 1.24 bits per heavy atom. The lowest BCUT2D eigenvalue weighted by Gasteiger charge is -2.35. The molecule has 25 heavy (non-hydrogen) atoms. The lowest BCUT2D eigenvalue weighted by molar-refractivity contribution is -0.0679. The molecular formula is C19H32N4O2. The average molecular weight is 348 g/mol. The van der Waals surface area contributed by atoms with Gasteiger partial charge in [0, 0.05) is 45.3 Å². The van der Waals surface area contributed by atoms with Gasteiger partial charge in [-0.3, -0.25) is 9.89 Å². The first-order chi connectivity index (χ1) is 12.1. The van der Waals surface area contributed by atoms with E-state index in [1.807, 2.05) is 18.2 Å². The number of nitrogens with zero attached hydrogens (tertiary/aromatic N) is 2. The molecule has 6 heteroatoms. The van der Waals surface area contributed by atoms with Crippen molar-refractivity contribution in [2.75, 3.05) is 40.3 Å². The normalized spacial score (nSPS) is 21.8. The maximum absolute atomic E-state index is 5.77. The number of nitrogens with one attached hydrogen (secondary N) is 2. The van der Waals surface area contributed by atoms with Crippen LogP contribution in [0.5, 0.6) is 5.75 Å². The summed E-state index contributed by atoms with van der Waals surface area (Å²) >= 11 is 0. The van der Waals surface area contributed by atoms with Gasteiger partial charge in [0.2, 0.25) is 0 Å². The standard InChI is InChI=1S/C19H32N4O2/c1-15-13-23(14-16(2)25-15)11-7-10-21-19(20-3)22-12-17-8-5-6-9-18(17)24-4/h5-6,8-9,15-16H,7,10-14H2,1-4H3,(H2,20,21,22). The van der Waals surface area contributed by atoms with Gasteiger partial charge in [-0.25, -0.2) is 0 Å². The van der Waals surface area contributed by atoms with Crippen LogP contribution < -0.4 is 15.4 Å². The van der Waals surface area contributed by atoms with Gasteiger partial charge in [-0.05, 0) is 26.3 Å². The number of guanidine groups is 1. The summed E-state index contributed by atoms with van der Waals surface area (Å²) in [6, 6.07) is 8.01. The van der Waals surface area contributed by atoms with E-state index in [0.717, 1.165) is 49.9 Å². The Hall–Kier alpha value is -1.79. The Kier molecular flexibility index (Phi) is 8.01. The predicted molar refractivity (Wildman–Crippen MR) is 102 cm³/mol. The summed E-state index contributed by atoms with van der Waals surface area (Å²) in [5.41, 5.74) is 1.12. The van der Waals surface area contributed by atoms with Crippen LogP contribution in [0.15, 0.2) is 29.3 Å². The van der Waals surface area contributed by atoms with Gasteiger partial charge in [-0.1, -0.05) is 18.2 Å². The fourth-order valence-corrected chi connectivity index (χ4v) is 3.22. The highest BCUT2D eigenvalue weighted by Gasteiger charge is 2.21. The first-order valence-electron chi connectivity index (χ1n) is 9.06. The van der Waals surface area contributed by atoms with Crippen molar-refractivity contribution in [3.05, 3.63) is 29.8 Å². The Morgan fingerprint density at radius 2 is 1.96 bits per heavy atom. The Balaban J connectivity index is 1.68. The third-order valence-corrected chi connectivity index (χ3v) is 4.30. The zero-order chi connectivity index (χ0) is 18.1. The smallest absolute Gasteiger partial charge is 0.191 e. The highest BCUT2D eigenvalue weighted by atomic mass is 16.5. The number of benzene rings is 1. The molecule has 6 nitrogen and oxygen atoms in total. The molecule has 0 saturated carbocycles. The van der Waals surface area contributed by atoms with E-state index in [9.17, 15) is 0 Å². The van der Waals surface area contributed by atoms with Crippen molar-refractivity contribution >= 4 is 5.96 Å². The summed E-state index contributed by atoms with van der Waals surface area (Å²) in [6.45, 7) is 8.98. The third-order valence-electron chi connectivity index (χ3n) is 4.30. The molecule has 140 valence electrons. The SMILES string of the molecule is CN=C(NCCCN1CC(C)OC(C)C1)NCc1ccccc1OC. The van der Waals surface area contributed by atoms with Crippen molar-refractivity contribution in [3.8, 4) is 5.75 Å². The number of para-hydroxylation sites is 1. The van der Waals surface area contributed by atoms with E-state index >= 15 is 0 Å². The minimum absolute atomic E-state index is 0.326. The van der Waals surface area contributed by atoms with Crippen LogP contribution in [-0.4, -0.2) is 63.4 Å². The largest absolute Gasteiger partial charge is 0.496 e. The van der Waals surface area contributed by atoms with Crippen LogP contribution in [0.1, 0.15) is 25.8 Å². The van der Waals surface area contributed by atoms with E-state index in [2.05, 4.69) is 40.4 Å². The number of hydrogen-bond acceptors (Lipinski definition) is 4. The van der Waals surface area contributed by atoms with E-state index < -0.39 is 0 Å². The van der Waals surface area contributed by atoms with Crippen molar-refractivity contribution in [2.24, 2.45) is 4.99 Å². The lowest BCUT2D eigenvalue weighted by atomic mass is 10.2. The highest BCUT2D eigenvalue weighted by molar-refractivity contribution is 5.79. The average Bonchev–Trinajstić information content (AvgIpc) is 2.60. The van der Waals surface area contributed by atoms with Crippen LogP contribution in [0.25, 0.3) is 0 Å². The monoisotopic (exact) mass is 348 g/mol. The van der Waals surface area contributed by atoms with Crippen molar-refractivity contribution in [3.63, 3.8) is 0 Å². The zero-order valence-corrected chi connectivity index (χ0v) is 15.9. The predicted octanol–water partition coefficient (Wildman–Crippen LogP) is 1.86. The summed E-state index contributed by atoms with van der Waals surface area (Å²) < 4.78 is 11.2. The van der Waals surface area contributed by atoms with Crippen molar-refractivity contribution in [2.45, 2.75) is 39.0 Å². The van der Waals surface area contributed by atoms with E-state index in [1.54, 1.807) is 14.2 Å². The van der Waals surface area contributed by atoms with Gasteiger partial charge >= 0.3 is 0 Å². The molecule has 1 heterocycles. The minimum atomic E-state index is 0.326. The molecule has 1 aromatic rings. The molecule has 1 fully saturated rings. The second-order valence-corrected chi connectivity index (χ2v) is 6.53. The third kappa shape index (κ3) is 6.55. The fourth-order valence-electron chi connectivity index (χ4n) is 3.22. The maximum Gasteiger partial charge on any atom is 0.191 e. The van der Waals surface area contributed by atoms with Gasteiger partial charge in [0.1, 0.15) is 5.75 Å². The molecule has 0 amide bonds. The first-order valence-corrected chi connectivity index (χ1v) is 9.06. The number of ether oxygens (including phenoxy) is 2. The van der Waals surface area contributed by atoms with E-state index in [1.165, 1.54) is 0 Å². The molecule has 0 aromatic heterocycles. The fraction of sp³-hybridized carbons (Fsp3) is 0.632. The second kappa shape index (κ2) is 10.3. The quantitative estimate of drug-likeness (QED) is 0.447. The van der Waals surface area contributed by atoms with Gasteiger partial charge in [0.15, 0.2) is 5.96 Å². The van der Waals surface area contributed by atoms with Gasteiger partial charge in [0.25, 0.3) is 0 Å². The summed E-state index contributed by atoms with van der Waals surface area (Å²) in [5.74, 6) is 1.70. The number of aliphatic imine (C=N–C) groups is 1. The van der Waals surface area contributed by atoms with Crippen LogP contribution in [0.2, 0.25) is 0 Å². The topological polar surface area (TPSA) is 58.1 Å². The molecule has 0 radical (unpaired) electrons.